The molecule has 0 atom stereocenters. The molecule has 104 valence electrons. The van der Waals surface area contributed by atoms with E-state index in [1.54, 1.807) is 6.92 Å². The lowest BCUT2D eigenvalue weighted by Crippen LogP contribution is -2.25. The first-order valence-electron chi connectivity index (χ1n) is 6.55. The highest BCUT2D eigenvalue weighted by Crippen LogP contribution is 2.08. The van der Waals surface area contributed by atoms with Crippen LogP contribution in [-0.2, 0) is 9.53 Å². The molecule has 0 heterocycles. The SMILES string of the molecule is CCOC(=O)CCCNC(=O)c1cc(C)cc(C)c1. The van der Waals surface area contributed by atoms with E-state index in [1.807, 2.05) is 32.0 Å². The molecule has 0 aliphatic carbocycles. The second-order valence-corrected chi connectivity index (χ2v) is 4.54. The van der Waals surface area contributed by atoms with Gasteiger partial charge in [0.25, 0.3) is 5.91 Å². The second kappa shape index (κ2) is 7.56. The number of hydrogen-bond acceptors (Lipinski definition) is 3. The van der Waals surface area contributed by atoms with Crippen LogP contribution in [0.1, 0.15) is 41.3 Å². The third-order valence-corrected chi connectivity index (χ3v) is 2.63. The summed E-state index contributed by atoms with van der Waals surface area (Å²) in [5.74, 6) is -0.321. The van der Waals surface area contributed by atoms with Crippen molar-refractivity contribution in [3.63, 3.8) is 0 Å². The second-order valence-electron chi connectivity index (χ2n) is 4.54. The van der Waals surface area contributed by atoms with Gasteiger partial charge in [-0.15, -0.1) is 0 Å². The number of benzene rings is 1. The van der Waals surface area contributed by atoms with E-state index >= 15 is 0 Å². The Kier molecular flexibility index (Phi) is 6.06. The highest BCUT2D eigenvalue weighted by atomic mass is 16.5. The van der Waals surface area contributed by atoms with Gasteiger partial charge < -0.3 is 10.1 Å². The summed E-state index contributed by atoms with van der Waals surface area (Å²) in [7, 11) is 0. The van der Waals surface area contributed by atoms with Crippen LogP contribution in [0.2, 0.25) is 0 Å². The van der Waals surface area contributed by atoms with Crippen molar-refractivity contribution in [1.82, 2.24) is 5.32 Å². The molecule has 0 radical (unpaired) electrons. The van der Waals surface area contributed by atoms with E-state index in [0.717, 1.165) is 11.1 Å². The standard InChI is InChI=1S/C15H21NO3/c1-4-19-14(17)6-5-7-16-15(18)13-9-11(2)8-12(3)10-13/h8-10H,4-7H2,1-3H3,(H,16,18). The minimum absolute atomic E-state index is 0.101. The Morgan fingerprint density at radius 2 is 1.79 bits per heavy atom. The van der Waals surface area contributed by atoms with Crippen molar-refractivity contribution in [2.75, 3.05) is 13.2 Å². The van der Waals surface area contributed by atoms with Gasteiger partial charge in [-0.3, -0.25) is 9.59 Å². The fourth-order valence-electron chi connectivity index (χ4n) is 1.88. The summed E-state index contributed by atoms with van der Waals surface area (Å²) in [6.07, 6.45) is 0.927. The molecule has 1 aromatic carbocycles. The van der Waals surface area contributed by atoms with Crippen molar-refractivity contribution in [3.05, 3.63) is 34.9 Å². The van der Waals surface area contributed by atoms with Crippen molar-refractivity contribution in [2.45, 2.75) is 33.6 Å². The maximum atomic E-state index is 11.9. The van der Waals surface area contributed by atoms with Crippen molar-refractivity contribution in [3.8, 4) is 0 Å². The number of amides is 1. The van der Waals surface area contributed by atoms with Gasteiger partial charge in [0.2, 0.25) is 0 Å². The fraction of sp³-hybridized carbons (Fsp3) is 0.467. The highest BCUT2D eigenvalue weighted by molar-refractivity contribution is 5.94. The molecule has 0 bridgehead atoms. The number of esters is 1. The topological polar surface area (TPSA) is 55.4 Å². The maximum Gasteiger partial charge on any atom is 0.305 e. The molecule has 19 heavy (non-hydrogen) atoms. The van der Waals surface area contributed by atoms with Crippen LogP contribution in [0.5, 0.6) is 0 Å². The molecule has 1 rings (SSSR count). The molecular formula is C15H21NO3. The average Bonchev–Trinajstić information content (AvgIpc) is 2.33. The van der Waals surface area contributed by atoms with E-state index in [1.165, 1.54) is 0 Å². The molecule has 0 saturated heterocycles. The quantitative estimate of drug-likeness (QED) is 0.633. The molecule has 0 aliphatic heterocycles. The van der Waals surface area contributed by atoms with E-state index in [9.17, 15) is 9.59 Å². The Hall–Kier alpha value is -1.84. The van der Waals surface area contributed by atoms with Crippen LogP contribution in [0.4, 0.5) is 0 Å². The van der Waals surface area contributed by atoms with Crippen LogP contribution < -0.4 is 5.32 Å². The predicted molar refractivity (Wildman–Crippen MR) is 74.1 cm³/mol. The van der Waals surface area contributed by atoms with Gasteiger partial charge in [0, 0.05) is 18.5 Å². The Morgan fingerprint density at radius 1 is 1.16 bits per heavy atom. The van der Waals surface area contributed by atoms with Crippen LogP contribution in [-0.4, -0.2) is 25.0 Å². The van der Waals surface area contributed by atoms with Crippen molar-refractivity contribution >= 4 is 11.9 Å². The van der Waals surface area contributed by atoms with Crippen molar-refractivity contribution in [2.24, 2.45) is 0 Å². The Bertz CT molecular complexity index is 434. The van der Waals surface area contributed by atoms with E-state index in [2.05, 4.69) is 5.32 Å². The van der Waals surface area contributed by atoms with Crippen LogP contribution in [0.15, 0.2) is 18.2 Å². The molecule has 0 spiro atoms. The van der Waals surface area contributed by atoms with Crippen LogP contribution >= 0.6 is 0 Å². The Morgan fingerprint density at radius 3 is 2.37 bits per heavy atom. The molecule has 1 aromatic rings. The molecule has 4 nitrogen and oxygen atoms in total. The first-order chi connectivity index (χ1) is 9.02. The third kappa shape index (κ3) is 5.55. The lowest BCUT2D eigenvalue weighted by atomic mass is 10.1. The van der Waals surface area contributed by atoms with E-state index in [4.69, 9.17) is 4.74 Å². The summed E-state index contributed by atoms with van der Waals surface area (Å²) in [5.41, 5.74) is 2.79. The normalized spacial score (nSPS) is 10.1. The predicted octanol–water partition coefficient (Wildman–Crippen LogP) is 2.38. The number of carbonyl (C=O) groups excluding carboxylic acids is 2. The van der Waals surface area contributed by atoms with Gasteiger partial charge in [-0.05, 0) is 39.3 Å². The molecule has 1 amide bonds. The molecule has 0 unspecified atom stereocenters. The first-order valence-corrected chi connectivity index (χ1v) is 6.55. The number of hydrogen-bond donors (Lipinski definition) is 1. The summed E-state index contributed by atoms with van der Waals surface area (Å²) in [4.78, 5) is 23.0. The molecule has 0 fully saturated rings. The van der Waals surface area contributed by atoms with Gasteiger partial charge in [-0.1, -0.05) is 17.2 Å². The third-order valence-electron chi connectivity index (χ3n) is 2.63. The van der Waals surface area contributed by atoms with Crippen molar-refractivity contribution in [1.29, 1.82) is 0 Å². The van der Waals surface area contributed by atoms with Gasteiger partial charge >= 0.3 is 5.97 Å². The molecule has 4 heteroatoms. The first kappa shape index (κ1) is 15.2. The minimum atomic E-state index is -0.219. The lowest BCUT2D eigenvalue weighted by Gasteiger charge is -2.07. The van der Waals surface area contributed by atoms with Gasteiger partial charge in [0.05, 0.1) is 6.61 Å². The molecular weight excluding hydrogens is 242 g/mol. The zero-order valence-corrected chi connectivity index (χ0v) is 11.8. The van der Waals surface area contributed by atoms with Crippen LogP contribution in [0.3, 0.4) is 0 Å². The van der Waals surface area contributed by atoms with E-state index in [-0.39, 0.29) is 11.9 Å². The van der Waals surface area contributed by atoms with Crippen LogP contribution in [0, 0.1) is 13.8 Å². The van der Waals surface area contributed by atoms with Gasteiger partial charge in [-0.2, -0.15) is 0 Å². The fourth-order valence-corrected chi connectivity index (χ4v) is 1.88. The zero-order valence-electron chi connectivity index (χ0n) is 11.8. The summed E-state index contributed by atoms with van der Waals surface area (Å²) >= 11 is 0. The number of ether oxygens (including phenoxy) is 1. The van der Waals surface area contributed by atoms with Gasteiger partial charge in [-0.25, -0.2) is 0 Å². The summed E-state index contributed by atoms with van der Waals surface area (Å²) in [6, 6.07) is 5.74. The summed E-state index contributed by atoms with van der Waals surface area (Å²) in [6.45, 7) is 6.58. The zero-order chi connectivity index (χ0) is 14.3. The van der Waals surface area contributed by atoms with Crippen LogP contribution in [0.25, 0.3) is 0 Å². The summed E-state index contributed by atoms with van der Waals surface area (Å²) in [5, 5.41) is 2.80. The minimum Gasteiger partial charge on any atom is -0.466 e. The number of nitrogens with one attached hydrogen (secondary N) is 1. The van der Waals surface area contributed by atoms with E-state index < -0.39 is 0 Å². The lowest BCUT2D eigenvalue weighted by molar-refractivity contribution is -0.143. The molecule has 1 N–H and O–H groups in total. The highest BCUT2D eigenvalue weighted by Gasteiger charge is 2.07. The Labute approximate surface area is 114 Å². The monoisotopic (exact) mass is 263 g/mol. The maximum absolute atomic E-state index is 11.9. The van der Waals surface area contributed by atoms with Crippen molar-refractivity contribution < 1.29 is 14.3 Å². The smallest absolute Gasteiger partial charge is 0.305 e. The van der Waals surface area contributed by atoms with E-state index in [0.29, 0.717) is 31.6 Å². The molecule has 0 aromatic heterocycles. The Balaban J connectivity index is 2.37. The van der Waals surface area contributed by atoms with Gasteiger partial charge in [0.15, 0.2) is 0 Å². The summed E-state index contributed by atoms with van der Waals surface area (Å²) < 4.78 is 4.81. The number of rotatable bonds is 6. The molecule has 0 saturated carbocycles. The van der Waals surface area contributed by atoms with Gasteiger partial charge in [0.1, 0.15) is 0 Å². The average molecular weight is 263 g/mol. The molecule has 0 aliphatic rings. The largest absolute Gasteiger partial charge is 0.466 e. The number of aryl methyl sites for hydroxylation is 2. The number of carbonyl (C=O) groups is 2.